The summed E-state index contributed by atoms with van der Waals surface area (Å²) < 4.78 is 37.3. The highest BCUT2D eigenvalue weighted by Crippen LogP contribution is 2.43. The monoisotopic (exact) mass is 461 g/mol. The van der Waals surface area contributed by atoms with Crippen molar-refractivity contribution in [2.45, 2.75) is 6.92 Å². The molecule has 0 radical (unpaired) electrons. The molecule has 0 spiro atoms. The average Bonchev–Trinajstić information content (AvgIpc) is 3.27. The molecule has 2 N–H and O–H groups in total. The standard InChI is InChI=1S/C20H19N3O6S2/c1-10-17(19(24)22-28-3)21-20(30-10)12-6-8-15(27-2)18-16(12)13-9-11(23-31(4,25)26)5-7-14(13)29-18/h5-9,23H,1-4H3,(H,22,24). The van der Waals surface area contributed by atoms with Crippen molar-refractivity contribution in [1.29, 1.82) is 0 Å². The van der Waals surface area contributed by atoms with Gasteiger partial charge in [0, 0.05) is 26.9 Å². The summed E-state index contributed by atoms with van der Waals surface area (Å²) in [5, 5.41) is 2.00. The van der Waals surface area contributed by atoms with E-state index in [1.54, 1.807) is 38.3 Å². The number of benzene rings is 2. The second-order valence-corrected chi connectivity index (χ2v) is 9.72. The van der Waals surface area contributed by atoms with Crippen LogP contribution >= 0.6 is 11.3 Å². The molecule has 0 aliphatic heterocycles. The number of anilines is 1. The van der Waals surface area contributed by atoms with Crippen LogP contribution in [0.5, 0.6) is 5.75 Å². The van der Waals surface area contributed by atoms with E-state index in [0.717, 1.165) is 16.7 Å². The summed E-state index contributed by atoms with van der Waals surface area (Å²) in [6.07, 6.45) is 1.09. The maximum atomic E-state index is 12.2. The maximum absolute atomic E-state index is 12.2. The lowest BCUT2D eigenvalue weighted by molar-refractivity contribution is 0.0532. The molecule has 0 fully saturated rings. The lowest BCUT2D eigenvalue weighted by atomic mass is 10.1. The van der Waals surface area contributed by atoms with Gasteiger partial charge in [0.05, 0.1) is 20.5 Å². The van der Waals surface area contributed by atoms with E-state index >= 15 is 0 Å². The van der Waals surface area contributed by atoms with Crippen LogP contribution in [0.4, 0.5) is 5.69 Å². The number of hydrogen-bond acceptors (Lipinski definition) is 8. The van der Waals surface area contributed by atoms with Crippen molar-refractivity contribution in [2.24, 2.45) is 0 Å². The largest absolute Gasteiger partial charge is 0.493 e. The molecule has 0 saturated heterocycles. The van der Waals surface area contributed by atoms with Gasteiger partial charge >= 0.3 is 0 Å². The Morgan fingerprint density at radius 1 is 1.19 bits per heavy atom. The van der Waals surface area contributed by atoms with Crippen LogP contribution in [0.25, 0.3) is 32.5 Å². The molecular formula is C20H19N3O6S2. The van der Waals surface area contributed by atoms with Crippen molar-refractivity contribution in [3.8, 4) is 16.3 Å². The van der Waals surface area contributed by atoms with Crippen molar-refractivity contribution >= 4 is 54.9 Å². The topological polar surface area (TPSA) is 120 Å². The minimum Gasteiger partial charge on any atom is -0.493 e. The van der Waals surface area contributed by atoms with E-state index in [1.165, 1.54) is 18.4 Å². The molecule has 4 aromatic rings. The first-order chi connectivity index (χ1) is 14.7. The third kappa shape index (κ3) is 3.94. The minimum atomic E-state index is -3.45. The molecule has 0 unspecified atom stereocenters. The zero-order valence-corrected chi connectivity index (χ0v) is 18.7. The van der Waals surface area contributed by atoms with Gasteiger partial charge in [0.15, 0.2) is 11.3 Å². The van der Waals surface area contributed by atoms with E-state index < -0.39 is 15.9 Å². The molecule has 31 heavy (non-hydrogen) atoms. The molecule has 2 aromatic carbocycles. The van der Waals surface area contributed by atoms with Crippen molar-refractivity contribution in [2.75, 3.05) is 25.2 Å². The van der Waals surface area contributed by atoms with E-state index in [9.17, 15) is 13.2 Å². The van der Waals surface area contributed by atoms with E-state index in [-0.39, 0.29) is 5.69 Å². The zero-order valence-electron chi connectivity index (χ0n) is 17.1. The highest BCUT2D eigenvalue weighted by atomic mass is 32.2. The number of aromatic nitrogens is 1. The zero-order chi connectivity index (χ0) is 22.3. The van der Waals surface area contributed by atoms with E-state index in [2.05, 4.69) is 15.2 Å². The number of fused-ring (bicyclic) bond motifs is 3. The summed E-state index contributed by atoms with van der Waals surface area (Å²) in [7, 11) is -0.551. The van der Waals surface area contributed by atoms with Gasteiger partial charge in [-0.2, -0.15) is 0 Å². The fourth-order valence-electron chi connectivity index (χ4n) is 3.34. The van der Waals surface area contributed by atoms with Gasteiger partial charge in [-0.25, -0.2) is 18.9 Å². The van der Waals surface area contributed by atoms with Crippen LogP contribution in [0.2, 0.25) is 0 Å². The third-order valence-electron chi connectivity index (χ3n) is 4.54. The second-order valence-electron chi connectivity index (χ2n) is 6.77. The number of thiazole rings is 1. The Morgan fingerprint density at radius 3 is 2.65 bits per heavy atom. The SMILES string of the molecule is CONC(=O)c1nc(-c2ccc(OC)c3oc4ccc(NS(C)(=O)=O)cc4c23)sc1C. The number of nitrogens with one attached hydrogen (secondary N) is 2. The Bertz CT molecular complexity index is 1420. The lowest BCUT2D eigenvalue weighted by Gasteiger charge is -2.05. The maximum Gasteiger partial charge on any atom is 0.294 e. The first kappa shape index (κ1) is 21.1. The molecule has 1 amide bonds. The number of sulfonamides is 1. The number of amides is 1. The first-order valence-corrected chi connectivity index (χ1v) is 11.7. The van der Waals surface area contributed by atoms with E-state index in [1.807, 2.05) is 6.07 Å². The summed E-state index contributed by atoms with van der Waals surface area (Å²) in [5.74, 6) is 0.0853. The van der Waals surface area contributed by atoms with Gasteiger partial charge in [0.25, 0.3) is 5.91 Å². The molecule has 162 valence electrons. The molecular weight excluding hydrogens is 442 g/mol. The number of rotatable bonds is 6. The molecule has 0 atom stereocenters. The highest BCUT2D eigenvalue weighted by Gasteiger charge is 2.22. The van der Waals surface area contributed by atoms with E-state index in [0.29, 0.717) is 38.4 Å². The van der Waals surface area contributed by atoms with Crippen molar-refractivity contribution < 1.29 is 27.2 Å². The third-order valence-corrected chi connectivity index (χ3v) is 6.15. The van der Waals surface area contributed by atoms with Gasteiger partial charge in [-0.15, -0.1) is 11.3 Å². The molecule has 9 nitrogen and oxygen atoms in total. The number of methoxy groups -OCH3 is 1. The van der Waals surface area contributed by atoms with Crippen LogP contribution in [-0.2, 0) is 14.9 Å². The van der Waals surface area contributed by atoms with E-state index in [4.69, 9.17) is 14.0 Å². The predicted molar refractivity (Wildman–Crippen MR) is 119 cm³/mol. The van der Waals surface area contributed by atoms with Crippen LogP contribution in [0.15, 0.2) is 34.7 Å². The van der Waals surface area contributed by atoms with Crippen LogP contribution in [0.3, 0.4) is 0 Å². The highest BCUT2D eigenvalue weighted by molar-refractivity contribution is 7.92. The summed E-state index contributed by atoms with van der Waals surface area (Å²) in [4.78, 5) is 22.2. The fourth-order valence-corrected chi connectivity index (χ4v) is 4.83. The van der Waals surface area contributed by atoms with Crippen molar-refractivity contribution in [3.63, 3.8) is 0 Å². The predicted octanol–water partition coefficient (Wildman–Crippen LogP) is 3.69. The number of ether oxygens (including phenoxy) is 1. The van der Waals surface area contributed by atoms with Crippen LogP contribution < -0.4 is 14.9 Å². The summed E-state index contributed by atoms with van der Waals surface area (Å²) >= 11 is 1.35. The van der Waals surface area contributed by atoms with Gasteiger partial charge < -0.3 is 9.15 Å². The molecule has 0 aliphatic rings. The molecule has 0 bridgehead atoms. The number of nitrogens with zero attached hydrogens (tertiary/aromatic N) is 1. The quantitative estimate of drug-likeness (QED) is 0.420. The van der Waals surface area contributed by atoms with Crippen LogP contribution in [-0.4, -0.2) is 39.8 Å². The van der Waals surface area contributed by atoms with Crippen molar-refractivity contribution in [1.82, 2.24) is 10.5 Å². The molecule has 0 aliphatic carbocycles. The first-order valence-electron chi connectivity index (χ1n) is 9.04. The summed E-state index contributed by atoms with van der Waals surface area (Å²) in [6, 6.07) is 8.61. The number of furan rings is 1. The second kappa shape index (κ2) is 7.84. The number of hydroxylamine groups is 1. The van der Waals surface area contributed by atoms with Gasteiger partial charge in [-0.05, 0) is 37.3 Å². The Balaban J connectivity index is 1.97. The fraction of sp³-hybridized carbons (Fsp3) is 0.200. The summed E-state index contributed by atoms with van der Waals surface area (Å²) in [6.45, 7) is 1.80. The van der Waals surface area contributed by atoms with Gasteiger partial charge in [-0.1, -0.05) is 0 Å². The number of carbonyl (C=O) groups excluding carboxylic acids is 1. The number of hydrogen-bond donors (Lipinski definition) is 2. The number of aryl methyl sites for hydroxylation is 1. The van der Waals surface area contributed by atoms with Gasteiger partial charge in [0.2, 0.25) is 10.0 Å². The van der Waals surface area contributed by atoms with Gasteiger partial charge in [0.1, 0.15) is 16.3 Å². The molecule has 2 heterocycles. The normalized spacial score (nSPS) is 11.7. The Kier molecular flexibility index (Phi) is 5.33. The molecule has 4 rings (SSSR count). The van der Waals surface area contributed by atoms with Gasteiger partial charge in [-0.3, -0.25) is 14.4 Å². The Hall–Kier alpha value is -3.15. The summed E-state index contributed by atoms with van der Waals surface area (Å²) in [5.41, 5.74) is 4.74. The average molecular weight is 462 g/mol. The van der Waals surface area contributed by atoms with Crippen LogP contribution in [0, 0.1) is 6.92 Å². The number of carbonyl (C=O) groups is 1. The Labute approximate surface area is 182 Å². The van der Waals surface area contributed by atoms with Crippen LogP contribution in [0.1, 0.15) is 15.4 Å². The molecule has 11 heteroatoms. The molecule has 0 saturated carbocycles. The lowest BCUT2D eigenvalue weighted by Crippen LogP contribution is -2.22. The molecule has 2 aromatic heterocycles. The smallest absolute Gasteiger partial charge is 0.294 e. The minimum absolute atomic E-state index is 0.262. The Morgan fingerprint density at radius 2 is 1.97 bits per heavy atom. The van der Waals surface area contributed by atoms with Crippen molar-refractivity contribution in [3.05, 3.63) is 40.9 Å².